The number of nitro groups is 1. The summed E-state index contributed by atoms with van der Waals surface area (Å²) in [5.74, 6) is 0.242. The SMILES string of the molecule is CN(C)c1ccc(C(=O)N2CCC3(CC2)CC(=O)c2cc(Cl)ccc2O3)cc1[N+](=O)[O-]. The number of hydrogen-bond donors (Lipinski definition) is 0. The first-order valence-electron chi connectivity index (χ1n) is 9.96. The molecule has 1 fully saturated rings. The minimum absolute atomic E-state index is 0.0153. The van der Waals surface area contributed by atoms with Crippen LogP contribution in [0, 0.1) is 10.1 Å². The molecule has 162 valence electrons. The minimum atomic E-state index is -0.643. The van der Waals surface area contributed by atoms with Crippen molar-refractivity contribution in [3.05, 3.63) is 62.7 Å². The molecule has 1 spiro atoms. The third-order valence-corrected chi connectivity index (χ3v) is 6.15. The number of rotatable bonds is 3. The first kappa shape index (κ1) is 21.1. The Morgan fingerprint density at radius 3 is 2.55 bits per heavy atom. The zero-order valence-electron chi connectivity index (χ0n) is 17.3. The molecular weight excluding hydrogens is 422 g/mol. The lowest BCUT2D eigenvalue weighted by Crippen LogP contribution is -2.52. The van der Waals surface area contributed by atoms with Gasteiger partial charge in [-0.1, -0.05) is 11.6 Å². The molecule has 0 aliphatic carbocycles. The van der Waals surface area contributed by atoms with Crippen molar-refractivity contribution in [2.45, 2.75) is 24.9 Å². The molecule has 2 aromatic rings. The number of fused-ring (bicyclic) bond motifs is 1. The molecule has 0 radical (unpaired) electrons. The van der Waals surface area contributed by atoms with Crippen LogP contribution in [-0.4, -0.2) is 54.3 Å². The van der Waals surface area contributed by atoms with Crippen molar-refractivity contribution in [2.24, 2.45) is 0 Å². The predicted molar refractivity (Wildman–Crippen MR) is 116 cm³/mol. The van der Waals surface area contributed by atoms with Gasteiger partial charge in [0, 0.05) is 56.7 Å². The molecule has 4 rings (SSSR count). The van der Waals surface area contributed by atoms with Crippen LogP contribution in [0.4, 0.5) is 11.4 Å². The molecule has 2 aliphatic rings. The molecule has 0 atom stereocenters. The summed E-state index contributed by atoms with van der Waals surface area (Å²) < 4.78 is 6.20. The summed E-state index contributed by atoms with van der Waals surface area (Å²) in [5, 5.41) is 11.9. The fourth-order valence-electron chi connectivity index (χ4n) is 4.23. The van der Waals surface area contributed by atoms with E-state index >= 15 is 0 Å². The third kappa shape index (κ3) is 3.95. The number of nitrogens with zero attached hydrogens (tertiary/aromatic N) is 3. The highest BCUT2D eigenvalue weighted by molar-refractivity contribution is 6.31. The molecule has 9 heteroatoms. The van der Waals surface area contributed by atoms with E-state index in [1.165, 1.54) is 6.07 Å². The number of ether oxygens (including phenoxy) is 1. The van der Waals surface area contributed by atoms with E-state index in [1.807, 2.05) is 0 Å². The van der Waals surface area contributed by atoms with Gasteiger partial charge in [0.25, 0.3) is 11.6 Å². The fraction of sp³-hybridized carbons (Fsp3) is 0.364. The van der Waals surface area contributed by atoms with E-state index in [-0.39, 0.29) is 29.4 Å². The van der Waals surface area contributed by atoms with E-state index in [1.54, 1.807) is 54.2 Å². The Morgan fingerprint density at radius 2 is 1.90 bits per heavy atom. The van der Waals surface area contributed by atoms with Crippen LogP contribution >= 0.6 is 11.6 Å². The van der Waals surface area contributed by atoms with E-state index in [0.717, 1.165) is 0 Å². The molecular formula is C22H22ClN3O5. The van der Waals surface area contributed by atoms with E-state index in [0.29, 0.717) is 48.0 Å². The second-order valence-electron chi connectivity index (χ2n) is 8.17. The Labute approximate surface area is 184 Å². The molecule has 1 saturated heterocycles. The molecule has 0 unspecified atom stereocenters. The largest absolute Gasteiger partial charge is 0.486 e. The number of nitro benzene ring substituents is 1. The molecule has 0 bridgehead atoms. The van der Waals surface area contributed by atoms with Crippen LogP contribution in [0.2, 0.25) is 5.02 Å². The fourth-order valence-corrected chi connectivity index (χ4v) is 4.40. The van der Waals surface area contributed by atoms with Gasteiger partial charge in [-0.15, -0.1) is 0 Å². The van der Waals surface area contributed by atoms with Crippen LogP contribution in [0.3, 0.4) is 0 Å². The summed E-state index contributed by atoms with van der Waals surface area (Å²) in [4.78, 5) is 39.9. The monoisotopic (exact) mass is 443 g/mol. The zero-order valence-corrected chi connectivity index (χ0v) is 18.0. The molecule has 31 heavy (non-hydrogen) atoms. The molecule has 0 saturated carbocycles. The van der Waals surface area contributed by atoms with E-state index in [4.69, 9.17) is 16.3 Å². The average Bonchev–Trinajstić information content (AvgIpc) is 2.74. The van der Waals surface area contributed by atoms with Gasteiger partial charge in [-0.25, -0.2) is 0 Å². The van der Waals surface area contributed by atoms with Gasteiger partial charge < -0.3 is 14.5 Å². The van der Waals surface area contributed by atoms with Gasteiger partial charge in [-0.2, -0.15) is 0 Å². The summed E-state index contributed by atoms with van der Waals surface area (Å²) in [6, 6.07) is 9.53. The van der Waals surface area contributed by atoms with Crippen molar-refractivity contribution in [3.63, 3.8) is 0 Å². The number of hydrogen-bond acceptors (Lipinski definition) is 6. The highest BCUT2D eigenvalue weighted by Gasteiger charge is 2.43. The highest BCUT2D eigenvalue weighted by Crippen LogP contribution is 2.40. The maximum Gasteiger partial charge on any atom is 0.293 e. The number of carbonyl (C=O) groups excluding carboxylic acids is 2. The molecule has 2 aliphatic heterocycles. The van der Waals surface area contributed by atoms with Gasteiger partial charge in [0.1, 0.15) is 17.0 Å². The molecule has 1 amide bonds. The van der Waals surface area contributed by atoms with Crippen molar-refractivity contribution in [1.29, 1.82) is 0 Å². The van der Waals surface area contributed by atoms with E-state index in [9.17, 15) is 19.7 Å². The summed E-state index contributed by atoms with van der Waals surface area (Å²) in [7, 11) is 3.43. The highest BCUT2D eigenvalue weighted by atomic mass is 35.5. The quantitative estimate of drug-likeness (QED) is 0.526. The number of Topliss-reactive ketones (excluding diaryl/α,β-unsaturated/α-hetero) is 1. The summed E-state index contributed by atoms with van der Waals surface area (Å²) in [6.45, 7) is 0.802. The molecule has 2 aromatic carbocycles. The lowest BCUT2D eigenvalue weighted by atomic mass is 9.82. The molecule has 2 heterocycles. The maximum absolute atomic E-state index is 13.0. The van der Waals surface area contributed by atoms with Crippen molar-refractivity contribution in [2.75, 3.05) is 32.1 Å². The number of carbonyl (C=O) groups is 2. The number of ketones is 1. The standard InChI is InChI=1S/C22H22ClN3O5/c1-24(2)17-5-3-14(11-18(17)26(29)30)21(28)25-9-7-22(8-10-25)13-19(27)16-12-15(23)4-6-20(16)31-22/h3-6,11-12H,7-10,13H2,1-2H3. The number of likely N-dealkylation sites (tertiary alicyclic amines) is 1. The second kappa shape index (κ2) is 7.85. The Balaban J connectivity index is 1.50. The Kier molecular flexibility index (Phi) is 5.35. The number of anilines is 1. The van der Waals surface area contributed by atoms with Crippen molar-refractivity contribution < 1.29 is 19.2 Å². The number of piperidine rings is 1. The van der Waals surface area contributed by atoms with Gasteiger partial charge in [0.2, 0.25) is 0 Å². The second-order valence-corrected chi connectivity index (χ2v) is 8.61. The van der Waals surface area contributed by atoms with Crippen LogP contribution in [0.15, 0.2) is 36.4 Å². The van der Waals surface area contributed by atoms with Crippen molar-refractivity contribution in [3.8, 4) is 5.75 Å². The third-order valence-electron chi connectivity index (χ3n) is 5.91. The number of amides is 1. The molecule has 0 aromatic heterocycles. The van der Waals surface area contributed by atoms with Gasteiger partial charge in [0.05, 0.1) is 16.9 Å². The Hall–Kier alpha value is -3.13. The van der Waals surface area contributed by atoms with E-state index < -0.39 is 10.5 Å². The summed E-state index contributed by atoms with van der Waals surface area (Å²) in [5.41, 5.74) is 0.446. The predicted octanol–water partition coefficient (Wildman–Crippen LogP) is 3.95. The van der Waals surface area contributed by atoms with Gasteiger partial charge in [0.15, 0.2) is 5.78 Å². The van der Waals surface area contributed by atoms with Gasteiger partial charge >= 0.3 is 0 Å². The van der Waals surface area contributed by atoms with Crippen LogP contribution in [0.1, 0.15) is 40.0 Å². The van der Waals surface area contributed by atoms with E-state index in [2.05, 4.69) is 0 Å². The number of benzene rings is 2. The van der Waals surface area contributed by atoms with Crippen LogP contribution < -0.4 is 9.64 Å². The van der Waals surface area contributed by atoms with Gasteiger partial charge in [-0.3, -0.25) is 19.7 Å². The number of halogens is 1. The van der Waals surface area contributed by atoms with Gasteiger partial charge in [-0.05, 0) is 30.3 Å². The zero-order chi connectivity index (χ0) is 22.3. The van der Waals surface area contributed by atoms with Crippen LogP contribution in [0.25, 0.3) is 0 Å². The van der Waals surface area contributed by atoms with Crippen molar-refractivity contribution in [1.82, 2.24) is 4.90 Å². The lowest BCUT2D eigenvalue weighted by Gasteiger charge is -2.44. The first-order valence-corrected chi connectivity index (χ1v) is 10.3. The molecule has 0 N–H and O–H groups in total. The smallest absolute Gasteiger partial charge is 0.293 e. The lowest BCUT2D eigenvalue weighted by molar-refractivity contribution is -0.384. The Morgan fingerprint density at radius 1 is 1.19 bits per heavy atom. The van der Waals surface area contributed by atoms with Crippen molar-refractivity contribution >= 4 is 34.7 Å². The molecule has 8 nitrogen and oxygen atoms in total. The normalized spacial score (nSPS) is 17.1. The van der Waals surface area contributed by atoms with Crippen LogP contribution in [0.5, 0.6) is 5.75 Å². The average molecular weight is 444 g/mol. The minimum Gasteiger partial charge on any atom is -0.486 e. The van der Waals surface area contributed by atoms with Crippen LogP contribution in [-0.2, 0) is 0 Å². The topological polar surface area (TPSA) is 93.0 Å². The summed E-state index contributed by atoms with van der Waals surface area (Å²) in [6.07, 6.45) is 1.25. The first-order chi connectivity index (χ1) is 14.7. The summed E-state index contributed by atoms with van der Waals surface area (Å²) >= 11 is 5.99. The maximum atomic E-state index is 13.0. The Bertz CT molecular complexity index is 1080.